The van der Waals surface area contributed by atoms with E-state index in [2.05, 4.69) is 5.32 Å². The van der Waals surface area contributed by atoms with Crippen LogP contribution in [0.5, 0.6) is 5.75 Å². The molecule has 96 valence electrons. The Morgan fingerprint density at radius 3 is 3.00 bits per heavy atom. The molecule has 0 radical (unpaired) electrons. The number of carbonyl (C=O) groups excluding carboxylic acids is 1. The van der Waals surface area contributed by atoms with E-state index in [9.17, 15) is 9.59 Å². The van der Waals surface area contributed by atoms with Gasteiger partial charge in [-0.1, -0.05) is 6.07 Å². The van der Waals surface area contributed by atoms with Gasteiger partial charge < -0.3 is 19.9 Å². The predicted molar refractivity (Wildman–Crippen MR) is 61.9 cm³/mol. The van der Waals surface area contributed by atoms with E-state index in [1.807, 2.05) is 6.92 Å². The minimum absolute atomic E-state index is 0.164. The summed E-state index contributed by atoms with van der Waals surface area (Å²) >= 11 is 0. The molecule has 1 atom stereocenters. The summed E-state index contributed by atoms with van der Waals surface area (Å²) in [5.74, 6) is -0.522. The molecule has 0 saturated carbocycles. The van der Waals surface area contributed by atoms with Crippen LogP contribution >= 0.6 is 0 Å². The minimum Gasteiger partial charge on any atom is -0.489 e. The molecular formula is C12H13NO5. The fourth-order valence-electron chi connectivity index (χ4n) is 1.60. The topological polar surface area (TPSA) is 84.9 Å². The molecule has 1 aliphatic rings. The summed E-state index contributed by atoms with van der Waals surface area (Å²) in [6.07, 6.45) is -0.801. The van der Waals surface area contributed by atoms with Crippen molar-refractivity contribution < 1.29 is 24.2 Å². The maximum absolute atomic E-state index is 10.8. The zero-order valence-corrected chi connectivity index (χ0v) is 9.80. The molecule has 2 N–H and O–H groups in total. The first-order chi connectivity index (χ1) is 8.56. The van der Waals surface area contributed by atoms with E-state index in [1.54, 1.807) is 6.07 Å². The minimum atomic E-state index is -1.01. The molecule has 0 bridgehead atoms. The smallest absolute Gasteiger partial charge is 0.407 e. The normalized spacial score (nSPS) is 18.1. The summed E-state index contributed by atoms with van der Waals surface area (Å²) in [7, 11) is 0. The number of rotatable bonds is 4. The monoisotopic (exact) mass is 251 g/mol. The van der Waals surface area contributed by atoms with Crippen molar-refractivity contribution in [3.8, 4) is 5.75 Å². The Kier molecular flexibility index (Phi) is 3.36. The van der Waals surface area contributed by atoms with Gasteiger partial charge in [0, 0.05) is 0 Å². The van der Waals surface area contributed by atoms with Crippen molar-refractivity contribution in [1.82, 2.24) is 5.32 Å². The van der Waals surface area contributed by atoms with Crippen LogP contribution in [0.15, 0.2) is 18.2 Å². The number of hydrogen-bond acceptors (Lipinski definition) is 4. The number of ether oxygens (including phenoxy) is 2. The van der Waals surface area contributed by atoms with Gasteiger partial charge in [0.25, 0.3) is 0 Å². The number of amides is 1. The first-order valence-corrected chi connectivity index (χ1v) is 5.47. The third kappa shape index (κ3) is 2.71. The molecule has 1 saturated heterocycles. The highest BCUT2D eigenvalue weighted by Crippen LogP contribution is 2.20. The van der Waals surface area contributed by atoms with Gasteiger partial charge in [0.1, 0.15) is 12.4 Å². The molecule has 0 spiro atoms. The number of benzene rings is 1. The molecular weight excluding hydrogens is 238 g/mol. The second-order valence-electron chi connectivity index (χ2n) is 4.00. The lowest BCUT2D eigenvalue weighted by molar-refractivity contribution is 0.0696. The van der Waals surface area contributed by atoms with Crippen molar-refractivity contribution in [2.24, 2.45) is 0 Å². The second kappa shape index (κ2) is 4.95. The summed E-state index contributed by atoms with van der Waals surface area (Å²) in [6.45, 7) is 2.42. The van der Waals surface area contributed by atoms with Crippen molar-refractivity contribution in [3.63, 3.8) is 0 Å². The lowest BCUT2D eigenvalue weighted by atomic mass is 10.1. The van der Waals surface area contributed by atoms with E-state index < -0.39 is 12.1 Å². The van der Waals surface area contributed by atoms with Crippen molar-refractivity contribution in [3.05, 3.63) is 29.3 Å². The third-order valence-corrected chi connectivity index (χ3v) is 2.61. The number of cyclic esters (lactones) is 1. The van der Waals surface area contributed by atoms with Crippen LogP contribution in [0.2, 0.25) is 0 Å². The predicted octanol–water partition coefficient (Wildman–Crippen LogP) is 1.18. The van der Waals surface area contributed by atoms with Gasteiger partial charge in [0.05, 0.1) is 12.1 Å². The van der Waals surface area contributed by atoms with Gasteiger partial charge >= 0.3 is 12.1 Å². The lowest BCUT2D eigenvalue weighted by Crippen LogP contribution is -2.22. The van der Waals surface area contributed by atoms with Crippen LogP contribution in [-0.4, -0.2) is 36.4 Å². The quantitative estimate of drug-likeness (QED) is 0.839. The van der Waals surface area contributed by atoms with Crippen LogP contribution in [0, 0.1) is 6.92 Å². The number of carboxylic acid groups (broad SMARTS) is 1. The summed E-state index contributed by atoms with van der Waals surface area (Å²) in [5.41, 5.74) is 0.995. The number of aryl methyl sites for hydroxylation is 1. The molecule has 2 rings (SSSR count). The van der Waals surface area contributed by atoms with Gasteiger partial charge in [-0.05, 0) is 24.6 Å². The average Bonchev–Trinajstić information content (AvgIpc) is 2.74. The van der Waals surface area contributed by atoms with Crippen LogP contribution in [-0.2, 0) is 4.74 Å². The zero-order chi connectivity index (χ0) is 13.1. The first kappa shape index (κ1) is 12.2. The van der Waals surface area contributed by atoms with E-state index >= 15 is 0 Å². The molecule has 1 fully saturated rings. The van der Waals surface area contributed by atoms with Gasteiger partial charge in [-0.25, -0.2) is 9.59 Å². The molecule has 18 heavy (non-hydrogen) atoms. The molecule has 1 heterocycles. The van der Waals surface area contributed by atoms with Crippen molar-refractivity contribution >= 4 is 12.1 Å². The van der Waals surface area contributed by atoms with Crippen LogP contribution in [0.3, 0.4) is 0 Å². The molecule has 0 aliphatic carbocycles. The van der Waals surface area contributed by atoms with Gasteiger partial charge in [-0.2, -0.15) is 0 Å². The zero-order valence-electron chi connectivity index (χ0n) is 9.80. The van der Waals surface area contributed by atoms with Crippen LogP contribution in [0.1, 0.15) is 15.9 Å². The fraction of sp³-hybridized carbons (Fsp3) is 0.333. The highest BCUT2D eigenvalue weighted by molar-refractivity contribution is 5.88. The Morgan fingerprint density at radius 2 is 2.39 bits per heavy atom. The SMILES string of the molecule is Cc1ccc(C(=O)O)cc1OCC1CNC(=O)O1. The van der Waals surface area contributed by atoms with Gasteiger partial charge in [-0.15, -0.1) is 0 Å². The summed E-state index contributed by atoms with van der Waals surface area (Å²) in [5, 5.41) is 11.4. The molecule has 6 heteroatoms. The van der Waals surface area contributed by atoms with E-state index in [0.29, 0.717) is 12.3 Å². The fourth-order valence-corrected chi connectivity index (χ4v) is 1.60. The van der Waals surface area contributed by atoms with Crippen LogP contribution in [0.4, 0.5) is 4.79 Å². The largest absolute Gasteiger partial charge is 0.489 e. The van der Waals surface area contributed by atoms with E-state index in [1.165, 1.54) is 12.1 Å². The summed E-state index contributed by atoms with van der Waals surface area (Å²) < 4.78 is 10.4. The molecule has 6 nitrogen and oxygen atoms in total. The van der Waals surface area contributed by atoms with Gasteiger partial charge in [0.15, 0.2) is 6.10 Å². The Hall–Kier alpha value is -2.24. The average molecular weight is 251 g/mol. The van der Waals surface area contributed by atoms with Gasteiger partial charge in [-0.3, -0.25) is 0 Å². The molecule has 1 aromatic carbocycles. The Morgan fingerprint density at radius 1 is 1.61 bits per heavy atom. The number of aromatic carboxylic acids is 1. The molecule has 1 aromatic rings. The van der Waals surface area contributed by atoms with Crippen LogP contribution in [0.25, 0.3) is 0 Å². The first-order valence-electron chi connectivity index (χ1n) is 5.47. The maximum atomic E-state index is 10.8. The highest BCUT2D eigenvalue weighted by Gasteiger charge is 2.23. The number of carboxylic acids is 1. The van der Waals surface area contributed by atoms with E-state index in [4.69, 9.17) is 14.6 Å². The summed E-state index contributed by atoms with van der Waals surface area (Å²) in [6, 6.07) is 4.65. The second-order valence-corrected chi connectivity index (χ2v) is 4.00. The molecule has 1 amide bonds. The standard InChI is InChI=1S/C12H13NO5/c1-7-2-3-8(11(14)15)4-10(7)17-6-9-5-13-12(16)18-9/h2-4,9H,5-6H2,1H3,(H,13,16)(H,14,15). The number of alkyl carbamates (subject to hydrolysis) is 1. The van der Waals surface area contributed by atoms with Crippen LogP contribution < -0.4 is 10.1 Å². The van der Waals surface area contributed by atoms with E-state index in [-0.39, 0.29) is 18.3 Å². The van der Waals surface area contributed by atoms with Crippen molar-refractivity contribution in [1.29, 1.82) is 0 Å². The Balaban J connectivity index is 2.02. The maximum Gasteiger partial charge on any atom is 0.407 e. The number of carbonyl (C=O) groups is 2. The highest BCUT2D eigenvalue weighted by atomic mass is 16.6. The van der Waals surface area contributed by atoms with Crippen molar-refractivity contribution in [2.45, 2.75) is 13.0 Å². The summed E-state index contributed by atoms with van der Waals surface area (Å²) in [4.78, 5) is 21.6. The van der Waals surface area contributed by atoms with E-state index in [0.717, 1.165) is 5.56 Å². The lowest BCUT2D eigenvalue weighted by Gasteiger charge is -2.12. The number of hydrogen-bond donors (Lipinski definition) is 2. The Bertz CT molecular complexity index is 485. The van der Waals surface area contributed by atoms with Gasteiger partial charge in [0.2, 0.25) is 0 Å². The molecule has 1 unspecified atom stereocenters. The Labute approximate surface area is 104 Å². The third-order valence-electron chi connectivity index (χ3n) is 2.61. The number of nitrogens with one attached hydrogen (secondary N) is 1. The molecule has 0 aromatic heterocycles. The van der Waals surface area contributed by atoms with Crippen molar-refractivity contribution in [2.75, 3.05) is 13.2 Å². The molecule has 1 aliphatic heterocycles.